The quantitative estimate of drug-likeness (QED) is 0.528. The first kappa shape index (κ1) is 12.4. The molecule has 6 nitrogen and oxygen atoms in total. The number of rotatable bonds is 2. The lowest BCUT2D eigenvalue weighted by atomic mass is 9.96. The number of amides is 1. The second kappa shape index (κ2) is 4.89. The highest BCUT2D eigenvalue weighted by molar-refractivity contribution is 5.73. The summed E-state index contributed by atoms with van der Waals surface area (Å²) in [6, 6.07) is -1.16. The number of carbonyl (C=O) groups is 1. The number of hydrogen-bond acceptors (Lipinski definition) is 5. The lowest BCUT2D eigenvalue weighted by Crippen LogP contribution is -2.65. The minimum absolute atomic E-state index is 0.258. The molecule has 1 saturated heterocycles. The van der Waals surface area contributed by atoms with Crippen molar-refractivity contribution in [3.63, 3.8) is 0 Å². The molecule has 0 radical (unpaired) electrons. The summed E-state index contributed by atoms with van der Waals surface area (Å²) < 4.78 is 10.5. The molecule has 4 N–H and O–H groups in total. The van der Waals surface area contributed by atoms with E-state index < -0.39 is 24.5 Å². The molecule has 0 saturated carbocycles. The Bertz CT molecular complexity index is 234. The predicted octanol–water partition coefficient (Wildman–Crippen LogP) is -1.43. The summed E-state index contributed by atoms with van der Waals surface area (Å²) in [6.45, 7) is 3.12. The number of aliphatic hydroxyl groups excluding tert-OH is 1. The SMILES string of the molecule is CO[C@@H]1O[C@H](C)[C@H](N)[C@@H](O)[C@H]1NC(C)=O. The molecule has 0 unspecified atom stereocenters. The van der Waals surface area contributed by atoms with Crippen LogP contribution < -0.4 is 11.1 Å². The Hall–Kier alpha value is -0.690. The zero-order chi connectivity index (χ0) is 11.6. The van der Waals surface area contributed by atoms with Crippen LogP contribution in [0.2, 0.25) is 0 Å². The smallest absolute Gasteiger partial charge is 0.217 e. The third kappa shape index (κ3) is 2.66. The first-order valence-electron chi connectivity index (χ1n) is 4.86. The van der Waals surface area contributed by atoms with E-state index in [9.17, 15) is 9.90 Å². The standard InChI is InChI=1S/C9H18N2O4/c1-4-6(10)8(13)7(11-5(2)12)9(14-3)15-4/h4,6-9,13H,10H2,1-3H3,(H,11,12)/t4-,6+,7-,8-,9-/m1/s1. The normalized spacial score (nSPS) is 41.3. The molecule has 6 heteroatoms. The van der Waals surface area contributed by atoms with Crippen LogP contribution in [0.1, 0.15) is 13.8 Å². The fourth-order valence-corrected chi connectivity index (χ4v) is 1.66. The minimum atomic E-state index is -0.873. The molecule has 1 aliphatic heterocycles. The maximum absolute atomic E-state index is 10.9. The van der Waals surface area contributed by atoms with Crippen LogP contribution in [0.5, 0.6) is 0 Å². The van der Waals surface area contributed by atoms with E-state index in [-0.39, 0.29) is 12.0 Å². The van der Waals surface area contributed by atoms with Crippen molar-refractivity contribution in [1.29, 1.82) is 0 Å². The van der Waals surface area contributed by atoms with Gasteiger partial charge in [-0.2, -0.15) is 0 Å². The van der Waals surface area contributed by atoms with Crippen molar-refractivity contribution in [2.24, 2.45) is 5.73 Å². The van der Waals surface area contributed by atoms with Crippen LogP contribution >= 0.6 is 0 Å². The molecule has 1 fully saturated rings. The Morgan fingerprint density at radius 2 is 2.20 bits per heavy atom. The van der Waals surface area contributed by atoms with Crippen LogP contribution in [-0.2, 0) is 14.3 Å². The van der Waals surface area contributed by atoms with Crippen LogP contribution in [0, 0.1) is 0 Å². The molecule has 1 heterocycles. The Kier molecular flexibility index (Phi) is 4.04. The number of nitrogens with one attached hydrogen (secondary N) is 1. The number of carbonyl (C=O) groups excluding carboxylic acids is 1. The van der Waals surface area contributed by atoms with Crippen LogP contribution in [0.3, 0.4) is 0 Å². The topological polar surface area (TPSA) is 93.8 Å². The van der Waals surface area contributed by atoms with Gasteiger partial charge in [-0.05, 0) is 6.92 Å². The van der Waals surface area contributed by atoms with Crippen LogP contribution in [-0.4, -0.2) is 48.7 Å². The molecule has 5 atom stereocenters. The molecule has 0 aliphatic carbocycles. The second-order valence-electron chi connectivity index (χ2n) is 3.74. The van der Waals surface area contributed by atoms with Crippen LogP contribution in [0.4, 0.5) is 0 Å². The lowest BCUT2D eigenvalue weighted by Gasteiger charge is -2.41. The van der Waals surface area contributed by atoms with E-state index in [1.54, 1.807) is 6.92 Å². The van der Waals surface area contributed by atoms with Gasteiger partial charge in [0.25, 0.3) is 0 Å². The molecular formula is C9H18N2O4. The predicted molar refractivity (Wildman–Crippen MR) is 52.9 cm³/mol. The highest BCUT2D eigenvalue weighted by Crippen LogP contribution is 2.19. The van der Waals surface area contributed by atoms with Crippen molar-refractivity contribution in [2.45, 2.75) is 44.4 Å². The number of methoxy groups -OCH3 is 1. The molecule has 88 valence electrons. The summed E-state index contributed by atoms with van der Waals surface area (Å²) in [6.07, 6.45) is -1.85. The summed E-state index contributed by atoms with van der Waals surface area (Å²) in [5, 5.41) is 12.4. The minimum Gasteiger partial charge on any atom is -0.389 e. The average molecular weight is 218 g/mol. The third-order valence-corrected chi connectivity index (χ3v) is 2.55. The van der Waals surface area contributed by atoms with E-state index in [4.69, 9.17) is 15.2 Å². The van der Waals surface area contributed by atoms with Crippen molar-refractivity contribution in [2.75, 3.05) is 7.11 Å². The third-order valence-electron chi connectivity index (χ3n) is 2.55. The maximum atomic E-state index is 10.9. The lowest BCUT2D eigenvalue weighted by molar-refractivity contribution is -0.222. The summed E-state index contributed by atoms with van der Waals surface area (Å²) >= 11 is 0. The summed E-state index contributed by atoms with van der Waals surface area (Å²) in [5.41, 5.74) is 5.72. The molecule has 15 heavy (non-hydrogen) atoms. The molecule has 0 bridgehead atoms. The largest absolute Gasteiger partial charge is 0.389 e. The van der Waals surface area contributed by atoms with E-state index in [1.165, 1.54) is 14.0 Å². The Labute approximate surface area is 88.7 Å². The molecule has 0 spiro atoms. The van der Waals surface area contributed by atoms with E-state index in [2.05, 4.69) is 5.32 Å². The van der Waals surface area contributed by atoms with E-state index in [0.717, 1.165) is 0 Å². The van der Waals surface area contributed by atoms with Gasteiger partial charge in [0.05, 0.1) is 18.2 Å². The summed E-state index contributed by atoms with van der Waals surface area (Å²) in [7, 11) is 1.45. The van der Waals surface area contributed by atoms with Crippen molar-refractivity contribution in [3.05, 3.63) is 0 Å². The van der Waals surface area contributed by atoms with Crippen molar-refractivity contribution < 1.29 is 19.4 Å². The number of hydrogen-bond donors (Lipinski definition) is 3. The van der Waals surface area contributed by atoms with Gasteiger partial charge in [-0.3, -0.25) is 4.79 Å². The van der Waals surface area contributed by atoms with Crippen LogP contribution in [0.25, 0.3) is 0 Å². The average Bonchev–Trinajstić information content (AvgIpc) is 2.18. The second-order valence-corrected chi connectivity index (χ2v) is 3.74. The molecule has 0 aromatic carbocycles. The number of aliphatic hydroxyl groups is 1. The molecule has 1 aliphatic rings. The van der Waals surface area contributed by atoms with E-state index >= 15 is 0 Å². The summed E-state index contributed by atoms with van der Waals surface area (Å²) in [5.74, 6) is -0.258. The van der Waals surface area contributed by atoms with Gasteiger partial charge in [-0.15, -0.1) is 0 Å². The molecular weight excluding hydrogens is 200 g/mol. The fraction of sp³-hybridized carbons (Fsp3) is 0.889. The van der Waals surface area contributed by atoms with Crippen LogP contribution in [0.15, 0.2) is 0 Å². The van der Waals surface area contributed by atoms with Gasteiger partial charge in [0.15, 0.2) is 6.29 Å². The van der Waals surface area contributed by atoms with Gasteiger partial charge in [0, 0.05) is 14.0 Å². The molecule has 1 amide bonds. The van der Waals surface area contributed by atoms with Gasteiger partial charge in [-0.25, -0.2) is 0 Å². The molecule has 1 rings (SSSR count). The van der Waals surface area contributed by atoms with Gasteiger partial charge in [0.1, 0.15) is 6.04 Å². The highest BCUT2D eigenvalue weighted by atomic mass is 16.7. The van der Waals surface area contributed by atoms with E-state index in [0.29, 0.717) is 0 Å². The van der Waals surface area contributed by atoms with Crippen molar-refractivity contribution >= 4 is 5.91 Å². The Morgan fingerprint density at radius 3 is 2.67 bits per heavy atom. The van der Waals surface area contributed by atoms with Crippen molar-refractivity contribution in [3.8, 4) is 0 Å². The first-order valence-corrected chi connectivity index (χ1v) is 4.86. The van der Waals surface area contributed by atoms with Gasteiger partial charge in [0.2, 0.25) is 5.91 Å². The maximum Gasteiger partial charge on any atom is 0.217 e. The number of nitrogens with two attached hydrogens (primary N) is 1. The summed E-state index contributed by atoms with van der Waals surface area (Å²) in [4.78, 5) is 10.9. The Morgan fingerprint density at radius 1 is 1.60 bits per heavy atom. The fourth-order valence-electron chi connectivity index (χ4n) is 1.66. The van der Waals surface area contributed by atoms with Gasteiger partial charge >= 0.3 is 0 Å². The van der Waals surface area contributed by atoms with Gasteiger partial charge < -0.3 is 25.6 Å². The van der Waals surface area contributed by atoms with Crippen molar-refractivity contribution in [1.82, 2.24) is 5.32 Å². The zero-order valence-corrected chi connectivity index (χ0v) is 9.14. The first-order chi connectivity index (χ1) is 6.97. The number of ether oxygens (including phenoxy) is 2. The highest BCUT2D eigenvalue weighted by Gasteiger charge is 2.42. The molecule has 0 aromatic heterocycles. The van der Waals surface area contributed by atoms with Gasteiger partial charge in [-0.1, -0.05) is 0 Å². The molecule has 0 aromatic rings. The van der Waals surface area contributed by atoms with E-state index in [1.807, 2.05) is 0 Å². The zero-order valence-electron chi connectivity index (χ0n) is 9.14. The monoisotopic (exact) mass is 218 g/mol. The Balaban J connectivity index is 2.75.